The van der Waals surface area contributed by atoms with E-state index < -0.39 is 46.6 Å². The highest BCUT2D eigenvalue weighted by atomic mass is 35.5. The molecule has 15 heteroatoms. The second-order valence-corrected chi connectivity index (χ2v) is 20.4. The number of benzene rings is 7. The van der Waals surface area contributed by atoms with Crippen LogP contribution in [0.5, 0.6) is 5.75 Å². The van der Waals surface area contributed by atoms with E-state index in [4.69, 9.17) is 32.9 Å². The summed E-state index contributed by atoms with van der Waals surface area (Å²) in [7, 11) is 0. The molecule has 0 spiro atoms. The number of aromatic amines is 1. The molecule has 8 aromatic rings. The Morgan fingerprint density at radius 1 is 0.653 bits per heavy atom. The lowest BCUT2D eigenvalue weighted by Crippen LogP contribution is -2.12. The molecule has 0 saturated carbocycles. The number of hydrogen-bond acceptors (Lipinski definition) is 3. The van der Waals surface area contributed by atoms with Gasteiger partial charge in [0.15, 0.2) is 0 Å². The molecular weight excluding hydrogens is 1020 g/mol. The fourth-order valence-corrected chi connectivity index (χ4v) is 12.6. The van der Waals surface area contributed by atoms with Gasteiger partial charge in [-0.1, -0.05) is 90.0 Å². The number of esters is 1. The number of aromatic nitrogens is 1. The van der Waals surface area contributed by atoms with E-state index in [1.165, 1.54) is 46.5 Å². The van der Waals surface area contributed by atoms with Gasteiger partial charge in [0.2, 0.25) is 0 Å². The predicted molar refractivity (Wildman–Crippen MR) is 277 cm³/mol. The van der Waals surface area contributed by atoms with Crippen molar-refractivity contribution >= 4 is 89.1 Å². The van der Waals surface area contributed by atoms with Crippen LogP contribution in [0.15, 0.2) is 131 Å². The minimum Gasteiger partial charge on any atom is -0.426 e. The third-order valence-corrected chi connectivity index (χ3v) is 15.7. The minimum atomic E-state index is -5.17. The molecule has 1 aliphatic heterocycles. The van der Waals surface area contributed by atoms with Crippen LogP contribution in [0, 0.1) is 0 Å². The van der Waals surface area contributed by atoms with Crippen molar-refractivity contribution in [1.29, 1.82) is 0 Å². The molecule has 0 radical (unpaired) electrons. The van der Waals surface area contributed by atoms with E-state index in [1.54, 1.807) is 0 Å². The van der Waals surface area contributed by atoms with Gasteiger partial charge in [0, 0.05) is 52.0 Å². The van der Waals surface area contributed by atoms with Crippen molar-refractivity contribution in [3.63, 3.8) is 0 Å². The number of nitrogens with one attached hydrogen (secondary N) is 1. The molecule has 12 rings (SSSR count). The van der Waals surface area contributed by atoms with Gasteiger partial charge in [0.1, 0.15) is 5.75 Å². The zero-order valence-corrected chi connectivity index (χ0v) is 41.1. The van der Waals surface area contributed by atoms with Crippen LogP contribution in [-0.4, -0.2) is 16.7 Å². The van der Waals surface area contributed by atoms with Gasteiger partial charge < -0.3 is 9.72 Å². The first kappa shape index (κ1) is 49.1. The summed E-state index contributed by atoms with van der Waals surface area (Å²) in [5.74, 6) is -0.682. The molecule has 7 aromatic carbocycles. The molecule has 0 unspecified atom stereocenters. The second kappa shape index (κ2) is 18.2. The van der Waals surface area contributed by atoms with Gasteiger partial charge in [0.05, 0.1) is 38.1 Å². The third-order valence-electron chi connectivity index (χ3n) is 15.1. The molecule has 0 bridgehead atoms. The van der Waals surface area contributed by atoms with Crippen molar-refractivity contribution < 1.29 is 49.0 Å². The lowest BCUT2D eigenvalue weighted by atomic mass is 9.83. The van der Waals surface area contributed by atoms with Gasteiger partial charge in [-0.3, -0.25) is 4.79 Å². The van der Waals surface area contributed by atoms with Crippen LogP contribution < -0.4 is 4.74 Å². The maximum absolute atomic E-state index is 14.9. The number of carbonyl (C=O) groups excluding carboxylic acids is 1. The highest BCUT2D eigenvalue weighted by Gasteiger charge is 2.41. The largest absolute Gasteiger partial charge is 0.426 e. The van der Waals surface area contributed by atoms with E-state index in [1.807, 2.05) is 12.1 Å². The van der Waals surface area contributed by atoms with E-state index in [2.05, 4.69) is 41.4 Å². The first-order chi connectivity index (χ1) is 35.8. The molecule has 75 heavy (non-hydrogen) atoms. The highest BCUT2D eigenvalue weighted by molar-refractivity contribution is 6.38. The Labute approximate surface area is 433 Å². The number of aryl methyl sites for hydroxylation is 3. The van der Waals surface area contributed by atoms with Gasteiger partial charge >= 0.3 is 24.5 Å². The Morgan fingerprint density at radius 2 is 1.25 bits per heavy atom. The normalized spacial score (nSPS) is 16.7. The molecule has 0 atom stereocenters. The monoisotopic (exact) mass is 1060 g/mol. The smallest absolute Gasteiger partial charge is 0.417 e. The zero-order chi connectivity index (χ0) is 52.3. The van der Waals surface area contributed by atoms with Crippen molar-refractivity contribution in [3.05, 3.63) is 192 Å². The van der Waals surface area contributed by atoms with E-state index in [9.17, 15) is 44.3 Å². The number of alkyl halides is 9. The molecule has 0 saturated heterocycles. The summed E-state index contributed by atoms with van der Waals surface area (Å²) in [5.41, 5.74) is 7.95. The number of nitrogens with zero attached hydrogens (tertiary/aromatic N) is 1. The molecule has 2 heterocycles. The highest BCUT2D eigenvalue weighted by Crippen LogP contribution is 2.51. The van der Waals surface area contributed by atoms with Crippen LogP contribution in [0.4, 0.5) is 39.5 Å². The molecule has 0 amide bonds. The second-order valence-electron chi connectivity index (χ2n) is 19.6. The zero-order valence-electron chi connectivity index (χ0n) is 39.6. The maximum atomic E-state index is 14.9. The number of ether oxygens (including phenoxy) is 1. The number of aliphatic imine (C=N–C) groups is 1. The Kier molecular flexibility index (Phi) is 11.9. The molecule has 380 valence electrons. The number of carbonyl (C=O) groups is 1. The molecule has 1 N–H and O–H groups in total. The Hall–Kier alpha value is -6.83. The summed E-state index contributed by atoms with van der Waals surface area (Å²) < 4.78 is 137. The van der Waals surface area contributed by atoms with E-state index in [-0.39, 0.29) is 78.3 Å². The lowest BCUT2D eigenvalue weighted by molar-refractivity contribution is -0.140. The van der Waals surface area contributed by atoms with Crippen molar-refractivity contribution in [2.75, 3.05) is 0 Å². The lowest BCUT2D eigenvalue weighted by Gasteiger charge is -2.23. The van der Waals surface area contributed by atoms with Crippen LogP contribution in [0.1, 0.15) is 107 Å². The van der Waals surface area contributed by atoms with Crippen molar-refractivity contribution in [3.8, 4) is 5.75 Å². The van der Waals surface area contributed by atoms with E-state index in [0.717, 1.165) is 104 Å². The summed E-state index contributed by atoms with van der Waals surface area (Å²) in [6.07, 6.45) is -1.61. The predicted octanol–water partition coefficient (Wildman–Crippen LogP) is 18.3. The summed E-state index contributed by atoms with van der Waals surface area (Å²) in [5, 5.41) is -1.34. The summed E-state index contributed by atoms with van der Waals surface area (Å²) in [4.78, 5) is 22.7. The fraction of sp³-hybridized carbons (Fsp3) is 0.233. The average Bonchev–Trinajstić information content (AvgIpc) is 3.90. The van der Waals surface area contributed by atoms with E-state index >= 15 is 0 Å². The Morgan fingerprint density at radius 3 is 1.92 bits per heavy atom. The van der Waals surface area contributed by atoms with Gasteiger partial charge in [-0.2, -0.15) is 39.5 Å². The van der Waals surface area contributed by atoms with Crippen LogP contribution in [0.25, 0.3) is 54.2 Å². The van der Waals surface area contributed by atoms with Crippen molar-refractivity contribution in [2.45, 2.75) is 89.2 Å². The standard InChI is InChI=1S/C60H41Cl2F9N2O2/c61-45-28-35(29-46(62)54(45)55(47-26-33-13-5-10-30-8-1-3-15-36(30)56(33)72-47)48-27-34-14-6-11-31-9-2-4-16-37(31)57(34)73-48)75-49(74)17-7-12-32-18-19-38-40-21-24-43(59(66,67)68)53-44(60(69,70)71)25-22-41(52(40)53)39-20-23-42(58(63,64)65)50(32)51(38)39/h1-3,8-9,15,18-29,73H,4-7,10-14,16-17H2/b55-47+. The first-order valence-electron chi connectivity index (χ1n) is 24.7. The summed E-state index contributed by atoms with van der Waals surface area (Å²) in [6, 6.07) is 21.2. The van der Waals surface area contributed by atoms with Crippen LogP contribution in [0.2, 0.25) is 10.0 Å². The number of allylic oxidation sites excluding steroid dienone is 6. The van der Waals surface area contributed by atoms with Crippen molar-refractivity contribution in [1.82, 2.24) is 4.98 Å². The van der Waals surface area contributed by atoms with Gasteiger partial charge in [-0.05, 0) is 166 Å². The Bertz CT molecular complexity index is 3810. The molecule has 3 aliphatic carbocycles. The Balaban J connectivity index is 0.876. The molecule has 4 nitrogen and oxygen atoms in total. The summed E-state index contributed by atoms with van der Waals surface area (Å²) in [6.45, 7) is 0. The number of H-pyrrole nitrogens is 1. The number of fused-ring (bicyclic) bond motifs is 7. The first-order valence-corrected chi connectivity index (χ1v) is 25.4. The summed E-state index contributed by atoms with van der Waals surface area (Å²) >= 11 is 14.4. The number of hydrogen-bond donors (Lipinski definition) is 1. The SMILES string of the molecule is O=C(CCCc1ccc2c3ccc(C(F)(F)F)c4c(C(F)(F)F)ccc(c5ccc(C(F)(F)F)c1c25)c43)Oc1cc(Cl)c(/C(=C2\C=C3CCCc4ccccc4C3=N2)c2cc3c([nH]2)C2=C(C=CCC2)CCC3)c(Cl)c1. The van der Waals surface area contributed by atoms with Gasteiger partial charge in [-0.15, -0.1) is 0 Å². The fourth-order valence-electron chi connectivity index (χ4n) is 12.0. The molecule has 0 fully saturated rings. The van der Waals surface area contributed by atoms with Gasteiger partial charge in [0.25, 0.3) is 0 Å². The number of halogens is 11. The molecule has 1 aromatic heterocycles. The van der Waals surface area contributed by atoms with Crippen molar-refractivity contribution in [2.24, 2.45) is 4.99 Å². The molecule has 4 aliphatic rings. The minimum absolute atomic E-state index is 0.00418. The third kappa shape index (κ3) is 8.50. The molecular formula is C60H41Cl2F9N2O2. The maximum Gasteiger partial charge on any atom is 0.417 e. The average molecular weight is 1060 g/mol. The van der Waals surface area contributed by atoms with E-state index in [0.29, 0.717) is 29.0 Å². The van der Waals surface area contributed by atoms with Crippen LogP contribution in [-0.2, 0) is 42.6 Å². The van der Waals surface area contributed by atoms with Crippen LogP contribution >= 0.6 is 23.2 Å². The van der Waals surface area contributed by atoms with Gasteiger partial charge in [-0.25, -0.2) is 4.99 Å². The number of rotatable bonds is 7. The van der Waals surface area contributed by atoms with Crippen LogP contribution in [0.3, 0.4) is 0 Å². The topological polar surface area (TPSA) is 54.4 Å². The quantitative estimate of drug-likeness (QED) is 0.0568.